The van der Waals surface area contributed by atoms with Gasteiger partial charge < -0.3 is 10.4 Å². The third-order valence-corrected chi connectivity index (χ3v) is 3.83. The number of nitrogens with zero attached hydrogens (tertiary/aromatic N) is 2. The first-order chi connectivity index (χ1) is 10.1. The molecule has 106 valence electrons. The number of anilines is 2. The van der Waals surface area contributed by atoms with Crippen molar-refractivity contribution in [3.8, 4) is 11.4 Å². The average molecular weight is 320 g/mol. The summed E-state index contributed by atoms with van der Waals surface area (Å²) in [6.07, 6.45) is 3.58. The van der Waals surface area contributed by atoms with E-state index in [1.54, 1.807) is 16.9 Å². The molecule has 2 aromatic carbocycles. The lowest BCUT2D eigenvalue weighted by molar-refractivity contribution is 0.475. The molecule has 3 rings (SSSR count). The van der Waals surface area contributed by atoms with Gasteiger partial charge in [-0.15, -0.1) is 0 Å². The number of rotatable bonds is 3. The molecule has 0 aliphatic heterocycles. The van der Waals surface area contributed by atoms with Gasteiger partial charge in [-0.1, -0.05) is 29.3 Å². The van der Waals surface area contributed by atoms with Crippen molar-refractivity contribution in [2.24, 2.45) is 0 Å². The molecule has 0 unspecified atom stereocenters. The van der Waals surface area contributed by atoms with Crippen LogP contribution in [0.15, 0.2) is 54.9 Å². The molecule has 21 heavy (non-hydrogen) atoms. The summed E-state index contributed by atoms with van der Waals surface area (Å²) < 4.78 is 1.76. The van der Waals surface area contributed by atoms with E-state index in [-0.39, 0.29) is 15.8 Å². The van der Waals surface area contributed by atoms with Gasteiger partial charge in [0.05, 0.1) is 16.4 Å². The standard InChI is InChI=1S/C15H11Cl2N3O/c16-14-12(5-6-13(21)15(14)17)19-10-3-1-4-11(9-10)20-8-2-7-18-20/h1-9,19,21H. The van der Waals surface area contributed by atoms with Gasteiger partial charge in [0.25, 0.3) is 0 Å². The lowest BCUT2D eigenvalue weighted by Crippen LogP contribution is -1.96. The number of aromatic nitrogens is 2. The Kier molecular flexibility index (Phi) is 3.73. The Morgan fingerprint density at radius 1 is 1.05 bits per heavy atom. The average Bonchev–Trinajstić information content (AvgIpc) is 3.03. The quantitative estimate of drug-likeness (QED) is 0.692. The van der Waals surface area contributed by atoms with E-state index in [1.807, 2.05) is 36.5 Å². The summed E-state index contributed by atoms with van der Waals surface area (Å²) in [4.78, 5) is 0. The van der Waals surface area contributed by atoms with Crippen LogP contribution in [0.3, 0.4) is 0 Å². The second-order valence-corrected chi connectivity index (χ2v) is 5.14. The van der Waals surface area contributed by atoms with Gasteiger partial charge in [-0.2, -0.15) is 5.10 Å². The minimum absolute atomic E-state index is 0.0440. The SMILES string of the molecule is Oc1ccc(Nc2cccc(-n3cccn3)c2)c(Cl)c1Cl. The molecule has 0 bridgehead atoms. The first kappa shape index (κ1) is 13.8. The lowest BCUT2D eigenvalue weighted by Gasteiger charge is -2.11. The minimum atomic E-state index is -0.0440. The van der Waals surface area contributed by atoms with E-state index in [1.165, 1.54) is 6.07 Å². The predicted molar refractivity (Wildman–Crippen MR) is 85.0 cm³/mol. The summed E-state index contributed by atoms with van der Waals surface area (Å²) in [6.45, 7) is 0. The zero-order valence-corrected chi connectivity index (χ0v) is 12.3. The predicted octanol–water partition coefficient (Wildman–Crippen LogP) is 4.63. The second-order valence-electron chi connectivity index (χ2n) is 4.39. The Morgan fingerprint density at radius 3 is 2.67 bits per heavy atom. The van der Waals surface area contributed by atoms with Crippen LogP contribution in [0.4, 0.5) is 11.4 Å². The van der Waals surface area contributed by atoms with E-state index >= 15 is 0 Å². The van der Waals surface area contributed by atoms with E-state index in [0.29, 0.717) is 5.69 Å². The Hall–Kier alpha value is -2.17. The van der Waals surface area contributed by atoms with Crippen molar-refractivity contribution < 1.29 is 5.11 Å². The summed E-state index contributed by atoms with van der Waals surface area (Å²) in [5.74, 6) is -0.0440. The van der Waals surface area contributed by atoms with Gasteiger partial charge in [0.15, 0.2) is 0 Å². The van der Waals surface area contributed by atoms with Crippen molar-refractivity contribution in [3.63, 3.8) is 0 Å². The molecule has 4 nitrogen and oxygen atoms in total. The summed E-state index contributed by atoms with van der Waals surface area (Å²) in [5, 5.41) is 17.3. The van der Waals surface area contributed by atoms with Crippen molar-refractivity contribution in [3.05, 3.63) is 64.9 Å². The van der Waals surface area contributed by atoms with Gasteiger partial charge in [-0.05, 0) is 36.4 Å². The third kappa shape index (κ3) is 2.82. The monoisotopic (exact) mass is 319 g/mol. The van der Waals surface area contributed by atoms with Crippen LogP contribution in [-0.4, -0.2) is 14.9 Å². The largest absolute Gasteiger partial charge is 0.506 e. The summed E-state index contributed by atoms with van der Waals surface area (Å²) in [5.41, 5.74) is 2.38. The van der Waals surface area contributed by atoms with Crippen LogP contribution in [0.2, 0.25) is 10.0 Å². The van der Waals surface area contributed by atoms with Crippen molar-refractivity contribution in [1.29, 1.82) is 0 Å². The van der Waals surface area contributed by atoms with Gasteiger partial charge in [0, 0.05) is 18.1 Å². The maximum atomic E-state index is 9.50. The van der Waals surface area contributed by atoms with E-state index in [0.717, 1.165) is 11.4 Å². The molecule has 0 amide bonds. The Labute approximate surface area is 131 Å². The molecule has 0 radical (unpaired) electrons. The van der Waals surface area contributed by atoms with Crippen LogP contribution in [0.25, 0.3) is 5.69 Å². The third-order valence-electron chi connectivity index (χ3n) is 2.96. The molecule has 0 aliphatic rings. The van der Waals surface area contributed by atoms with Gasteiger partial charge in [-0.25, -0.2) is 4.68 Å². The fourth-order valence-electron chi connectivity index (χ4n) is 1.94. The van der Waals surface area contributed by atoms with Gasteiger partial charge in [0.2, 0.25) is 0 Å². The normalized spacial score (nSPS) is 10.6. The number of halogens is 2. The van der Waals surface area contributed by atoms with Crippen LogP contribution in [0.1, 0.15) is 0 Å². The van der Waals surface area contributed by atoms with Crippen molar-refractivity contribution >= 4 is 34.6 Å². The van der Waals surface area contributed by atoms with E-state index in [9.17, 15) is 5.11 Å². The summed E-state index contributed by atoms with van der Waals surface area (Å²) >= 11 is 12.0. The van der Waals surface area contributed by atoms with Crippen LogP contribution in [-0.2, 0) is 0 Å². The highest BCUT2D eigenvalue weighted by atomic mass is 35.5. The second kappa shape index (κ2) is 5.68. The highest BCUT2D eigenvalue weighted by Crippen LogP contribution is 2.37. The van der Waals surface area contributed by atoms with Crippen LogP contribution >= 0.6 is 23.2 Å². The highest BCUT2D eigenvalue weighted by Gasteiger charge is 2.09. The highest BCUT2D eigenvalue weighted by molar-refractivity contribution is 6.44. The fourth-order valence-corrected chi connectivity index (χ4v) is 2.31. The smallest absolute Gasteiger partial charge is 0.135 e. The molecule has 0 atom stereocenters. The van der Waals surface area contributed by atoms with Crippen molar-refractivity contribution in [2.45, 2.75) is 0 Å². The first-order valence-electron chi connectivity index (χ1n) is 6.19. The number of phenols is 1. The van der Waals surface area contributed by atoms with Gasteiger partial charge in [0.1, 0.15) is 10.8 Å². The van der Waals surface area contributed by atoms with Crippen LogP contribution in [0, 0.1) is 0 Å². The molecule has 1 aromatic heterocycles. The number of aromatic hydroxyl groups is 1. The maximum Gasteiger partial charge on any atom is 0.135 e. The lowest BCUT2D eigenvalue weighted by atomic mass is 10.2. The summed E-state index contributed by atoms with van der Waals surface area (Å²) in [6, 6.07) is 12.7. The zero-order valence-electron chi connectivity index (χ0n) is 10.8. The molecule has 1 heterocycles. The van der Waals surface area contributed by atoms with E-state index in [4.69, 9.17) is 23.2 Å². The van der Waals surface area contributed by atoms with Crippen molar-refractivity contribution in [2.75, 3.05) is 5.32 Å². The summed E-state index contributed by atoms with van der Waals surface area (Å²) in [7, 11) is 0. The number of phenolic OH excluding ortho intramolecular Hbond substituents is 1. The van der Waals surface area contributed by atoms with Crippen LogP contribution < -0.4 is 5.32 Å². The van der Waals surface area contributed by atoms with E-state index in [2.05, 4.69) is 10.4 Å². The molecule has 0 saturated heterocycles. The molecule has 0 saturated carbocycles. The number of nitrogens with one attached hydrogen (secondary N) is 1. The molecule has 2 N–H and O–H groups in total. The first-order valence-corrected chi connectivity index (χ1v) is 6.95. The number of hydrogen-bond donors (Lipinski definition) is 2. The fraction of sp³-hybridized carbons (Fsp3) is 0. The molecule has 6 heteroatoms. The Bertz CT molecular complexity index is 773. The Balaban J connectivity index is 1.92. The molecular weight excluding hydrogens is 309 g/mol. The van der Waals surface area contributed by atoms with Gasteiger partial charge in [-0.3, -0.25) is 0 Å². The maximum absolute atomic E-state index is 9.50. The molecular formula is C15H11Cl2N3O. The topological polar surface area (TPSA) is 50.1 Å². The molecule has 0 fully saturated rings. The van der Waals surface area contributed by atoms with E-state index < -0.39 is 0 Å². The van der Waals surface area contributed by atoms with Crippen molar-refractivity contribution in [1.82, 2.24) is 9.78 Å². The minimum Gasteiger partial charge on any atom is -0.506 e. The Morgan fingerprint density at radius 2 is 1.90 bits per heavy atom. The molecule has 3 aromatic rings. The van der Waals surface area contributed by atoms with Crippen LogP contribution in [0.5, 0.6) is 5.75 Å². The zero-order chi connectivity index (χ0) is 14.8. The van der Waals surface area contributed by atoms with Gasteiger partial charge >= 0.3 is 0 Å². The molecule has 0 spiro atoms. The number of hydrogen-bond acceptors (Lipinski definition) is 3. The number of benzene rings is 2. The molecule has 0 aliphatic carbocycles.